The van der Waals surface area contributed by atoms with E-state index >= 15 is 0 Å². The molecule has 3 N–H and O–H groups in total. The van der Waals surface area contributed by atoms with E-state index in [4.69, 9.17) is 11.6 Å². The van der Waals surface area contributed by atoms with Crippen LogP contribution in [0.5, 0.6) is 5.75 Å². The zero-order valence-corrected chi connectivity index (χ0v) is 20.0. The maximum absolute atomic E-state index is 14.2. The molecular formula is C26H26ClFN4O3. The molecule has 3 heterocycles. The number of imide groups is 1. The van der Waals surface area contributed by atoms with Gasteiger partial charge < -0.3 is 15.4 Å². The average molecular weight is 497 g/mol. The first-order chi connectivity index (χ1) is 16.8. The van der Waals surface area contributed by atoms with Gasteiger partial charge in [0.15, 0.2) is 0 Å². The second kappa shape index (κ2) is 8.70. The number of nitrogens with one attached hydrogen (secondary N) is 2. The molecule has 1 saturated heterocycles. The number of halogens is 2. The third kappa shape index (κ3) is 3.68. The van der Waals surface area contributed by atoms with Crippen LogP contribution in [0.3, 0.4) is 0 Å². The number of carbonyl (C=O) groups excluding carboxylic acids is 2. The van der Waals surface area contributed by atoms with E-state index in [1.807, 2.05) is 0 Å². The minimum absolute atomic E-state index is 0.0122. The predicted octanol–water partition coefficient (Wildman–Crippen LogP) is 4.50. The molecule has 1 aromatic heterocycles. The summed E-state index contributed by atoms with van der Waals surface area (Å²) in [5, 5.41) is 14.1. The maximum atomic E-state index is 14.2. The van der Waals surface area contributed by atoms with Crippen LogP contribution < -0.4 is 5.32 Å². The number of H-pyrrole nitrogens is 1. The number of hydrogen-bond acceptors (Lipinski definition) is 4. The lowest BCUT2D eigenvalue weighted by molar-refractivity contribution is -0.133. The van der Waals surface area contributed by atoms with Gasteiger partial charge in [-0.25, -0.2) is 9.18 Å². The molecule has 182 valence electrons. The average Bonchev–Trinajstić information content (AvgIpc) is 3.24. The standard InChI is InChI=1S/C26H26ClFN4O3/c1-3-4-8-29-9-10-31-24(34)26(2)14-18-17-12-19(27)20(28)13-21(17)30-22(18)23(32(26)25(31)35)15-6-5-7-16(33)11-15/h3,5-7,11-13,23,29-30,33H,1,4,8-10,14H2,2H3/t23-,26+/m1/s1. The Hall–Kier alpha value is -3.36. The number of aromatic nitrogens is 1. The Morgan fingerprint density at radius 1 is 1.31 bits per heavy atom. The van der Waals surface area contributed by atoms with E-state index in [2.05, 4.69) is 16.9 Å². The Balaban J connectivity index is 1.62. The number of aromatic amines is 1. The summed E-state index contributed by atoms with van der Waals surface area (Å²) in [6.07, 6.45) is 2.84. The second-order valence-corrected chi connectivity index (χ2v) is 9.62. The van der Waals surface area contributed by atoms with Crippen LogP contribution in [0.25, 0.3) is 10.9 Å². The Bertz CT molecular complexity index is 1360. The Kier molecular flexibility index (Phi) is 5.81. The topological polar surface area (TPSA) is 88.7 Å². The van der Waals surface area contributed by atoms with Crippen LogP contribution in [0.2, 0.25) is 5.02 Å². The van der Waals surface area contributed by atoms with Gasteiger partial charge in [0.05, 0.1) is 5.02 Å². The van der Waals surface area contributed by atoms with Gasteiger partial charge in [0.25, 0.3) is 5.91 Å². The van der Waals surface area contributed by atoms with Crippen LogP contribution >= 0.6 is 11.6 Å². The highest BCUT2D eigenvalue weighted by molar-refractivity contribution is 6.31. The van der Waals surface area contributed by atoms with Crippen LogP contribution in [0.4, 0.5) is 9.18 Å². The molecule has 9 heteroatoms. The lowest BCUT2D eigenvalue weighted by Crippen LogP contribution is -2.53. The molecule has 35 heavy (non-hydrogen) atoms. The fourth-order valence-electron chi connectivity index (χ4n) is 5.27. The summed E-state index contributed by atoms with van der Waals surface area (Å²) in [5.41, 5.74) is 1.51. The molecule has 7 nitrogen and oxygen atoms in total. The van der Waals surface area contributed by atoms with Crippen LogP contribution in [0.15, 0.2) is 49.1 Å². The molecule has 0 bridgehead atoms. The van der Waals surface area contributed by atoms with Gasteiger partial charge in [0.2, 0.25) is 0 Å². The summed E-state index contributed by atoms with van der Waals surface area (Å²) in [6.45, 7) is 6.87. The van der Waals surface area contributed by atoms with Crippen molar-refractivity contribution in [1.82, 2.24) is 20.1 Å². The van der Waals surface area contributed by atoms with E-state index in [1.165, 1.54) is 11.0 Å². The molecule has 0 saturated carbocycles. The van der Waals surface area contributed by atoms with Gasteiger partial charge in [-0.1, -0.05) is 29.8 Å². The Morgan fingerprint density at radius 3 is 2.86 bits per heavy atom. The largest absolute Gasteiger partial charge is 0.508 e. The number of benzene rings is 2. The van der Waals surface area contributed by atoms with Crippen molar-refractivity contribution in [1.29, 1.82) is 0 Å². The number of amides is 3. The van der Waals surface area contributed by atoms with Crippen LogP contribution in [0, 0.1) is 5.82 Å². The number of urea groups is 1. The van der Waals surface area contributed by atoms with Crippen molar-refractivity contribution in [3.8, 4) is 5.75 Å². The zero-order valence-electron chi connectivity index (χ0n) is 19.3. The lowest BCUT2D eigenvalue weighted by Gasteiger charge is -2.42. The fourth-order valence-corrected chi connectivity index (χ4v) is 5.43. The number of carbonyl (C=O) groups is 2. The molecule has 3 amide bonds. The van der Waals surface area contributed by atoms with Crippen molar-refractivity contribution < 1.29 is 19.1 Å². The number of fused-ring (bicyclic) bond motifs is 4. The van der Waals surface area contributed by atoms with E-state index in [9.17, 15) is 19.1 Å². The van der Waals surface area contributed by atoms with Crippen molar-refractivity contribution >= 4 is 34.4 Å². The summed E-state index contributed by atoms with van der Waals surface area (Å²) >= 11 is 6.10. The highest BCUT2D eigenvalue weighted by atomic mass is 35.5. The van der Waals surface area contributed by atoms with Gasteiger partial charge in [-0.15, -0.1) is 6.58 Å². The van der Waals surface area contributed by atoms with Gasteiger partial charge in [-0.05, 0) is 55.3 Å². The van der Waals surface area contributed by atoms with E-state index in [1.54, 1.807) is 48.2 Å². The molecule has 2 atom stereocenters. The SMILES string of the molecule is C=CCCNCCN1C(=O)N2[C@H](c3cccc(O)c3)c3[nH]c4cc(F)c(Cl)cc4c3C[C@@]2(C)C1=O. The smallest absolute Gasteiger partial charge is 0.328 e. The highest BCUT2D eigenvalue weighted by Gasteiger charge is 2.60. The molecule has 3 aromatic rings. The molecule has 2 aliphatic heterocycles. The molecule has 0 spiro atoms. The minimum atomic E-state index is -1.16. The van der Waals surface area contributed by atoms with Gasteiger partial charge in [-0.3, -0.25) is 14.6 Å². The van der Waals surface area contributed by atoms with E-state index < -0.39 is 23.4 Å². The monoisotopic (exact) mass is 496 g/mol. The summed E-state index contributed by atoms with van der Waals surface area (Å²) in [4.78, 5) is 33.6. The van der Waals surface area contributed by atoms with Gasteiger partial charge in [-0.2, -0.15) is 0 Å². The first-order valence-corrected chi connectivity index (χ1v) is 11.9. The summed E-state index contributed by atoms with van der Waals surface area (Å²) in [5.74, 6) is -0.796. The molecule has 2 aromatic carbocycles. The van der Waals surface area contributed by atoms with Crippen molar-refractivity contribution in [3.63, 3.8) is 0 Å². The molecule has 0 radical (unpaired) electrons. The predicted molar refractivity (Wildman–Crippen MR) is 132 cm³/mol. The molecule has 2 aliphatic rings. The van der Waals surface area contributed by atoms with E-state index in [-0.39, 0.29) is 29.6 Å². The van der Waals surface area contributed by atoms with Crippen molar-refractivity contribution in [2.75, 3.05) is 19.6 Å². The van der Waals surface area contributed by atoms with E-state index in [0.717, 1.165) is 12.0 Å². The molecule has 0 aliphatic carbocycles. The molecular weight excluding hydrogens is 471 g/mol. The Morgan fingerprint density at radius 2 is 2.11 bits per heavy atom. The second-order valence-electron chi connectivity index (χ2n) is 9.21. The summed E-state index contributed by atoms with van der Waals surface area (Å²) < 4.78 is 14.2. The first-order valence-electron chi connectivity index (χ1n) is 11.5. The van der Waals surface area contributed by atoms with Gasteiger partial charge in [0, 0.05) is 36.1 Å². The lowest BCUT2D eigenvalue weighted by atomic mass is 9.81. The quantitative estimate of drug-likeness (QED) is 0.255. The van der Waals surface area contributed by atoms with Crippen LogP contribution in [0.1, 0.15) is 36.2 Å². The number of phenols is 1. The molecule has 0 unspecified atom stereocenters. The summed E-state index contributed by atoms with van der Waals surface area (Å²) in [6, 6.07) is 8.43. The molecule has 1 fully saturated rings. The number of phenolic OH excluding ortho intramolecular Hbond substituents is 1. The number of nitrogens with zero attached hydrogens (tertiary/aromatic N) is 2. The van der Waals surface area contributed by atoms with Crippen LogP contribution in [-0.4, -0.2) is 57.0 Å². The van der Waals surface area contributed by atoms with Gasteiger partial charge >= 0.3 is 6.03 Å². The molecule has 5 rings (SSSR count). The van der Waals surface area contributed by atoms with Crippen molar-refractivity contribution in [2.45, 2.75) is 31.3 Å². The number of rotatable bonds is 7. The maximum Gasteiger partial charge on any atom is 0.328 e. The third-order valence-corrected chi connectivity index (χ3v) is 7.22. The Labute approximate surface area is 207 Å². The first kappa shape index (κ1) is 23.4. The highest BCUT2D eigenvalue weighted by Crippen LogP contribution is 2.49. The van der Waals surface area contributed by atoms with Crippen molar-refractivity contribution in [3.05, 3.63) is 76.7 Å². The minimum Gasteiger partial charge on any atom is -0.508 e. The van der Waals surface area contributed by atoms with Crippen molar-refractivity contribution in [2.24, 2.45) is 0 Å². The summed E-state index contributed by atoms with van der Waals surface area (Å²) in [7, 11) is 0. The normalized spacial score (nSPS) is 21.5. The van der Waals surface area contributed by atoms with E-state index in [0.29, 0.717) is 35.2 Å². The van der Waals surface area contributed by atoms with Crippen LogP contribution in [-0.2, 0) is 11.2 Å². The fraction of sp³-hybridized carbons (Fsp3) is 0.308. The number of aromatic hydroxyl groups is 1. The third-order valence-electron chi connectivity index (χ3n) is 6.93. The zero-order chi connectivity index (χ0) is 24.9. The van der Waals surface area contributed by atoms with Gasteiger partial charge in [0.1, 0.15) is 23.1 Å². The number of hydrogen-bond donors (Lipinski definition) is 3.